The number of nitro groups is 1. The molecule has 1 aromatic heterocycles. The normalized spacial score (nSPS) is 11.2. The molecule has 0 fully saturated rings. The number of phenolic OH excluding ortho intramolecular Hbond substituents is 1. The Kier molecular flexibility index (Phi) is 4.88. The van der Waals surface area contributed by atoms with Crippen molar-refractivity contribution < 1.29 is 10.0 Å². The molecule has 0 aliphatic rings. The Bertz CT molecular complexity index is 707. The van der Waals surface area contributed by atoms with Gasteiger partial charge in [0.25, 0.3) is 5.69 Å². The van der Waals surface area contributed by atoms with Crippen molar-refractivity contribution in [1.82, 2.24) is 9.78 Å². The van der Waals surface area contributed by atoms with Crippen LogP contribution < -0.4 is 0 Å². The zero-order valence-electron chi connectivity index (χ0n) is 12.6. The van der Waals surface area contributed by atoms with E-state index >= 15 is 0 Å². The number of aromatic nitrogens is 2. The van der Waals surface area contributed by atoms with Gasteiger partial charge in [0.05, 0.1) is 10.6 Å². The van der Waals surface area contributed by atoms with Crippen molar-refractivity contribution in [2.75, 3.05) is 6.54 Å². The molecule has 0 unspecified atom stereocenters. The van der Waals surface area contributed by atoms with Crippen LogP contribution in [0.15, 0.2) is 29.3 Å². The summed E-state index contributed by atoms with van der Waals surface area (Å²) in [5.41, 5.74) is 2.38. The van der Waals surface area contributed by atoms with Gasteiger partial charge in [-0.2, -0.15) is 5.10 Å². The highest BCUT2D eigenvalue weighted by Crippen LogP contribution is 2.21. The van der Waals surface area contributed by atoms with Gasteiger partial charge in [-0.25, -0.2) is 0 Å². The number of aromatic hydroxyl groups is 1. The Morgan fingerprint density at radius 2 is 2.18 bits per heavy atom. The first-order chi connectivity index (χ1) is 10.5. The van der Waals surface area contributed by atoms with E-state index < -0.39 is 4.92 Å². The van der Waals surface area contributed by atoms with Crippen LogP contribution in [-0.4, -0.2) is 32.6 Å². The minimum atomic E-state index is -0.500. The first kappa shape index (κ1) is 15.7. The summed E-state index contributed by atoms with van der Waals surface area (Å²) in [6.45, 7) is 5.27. The fraction of sp³-hybridized carbons (Fsp3) is 0.333. The maximum atomic E-state index is 10.7. The standard InChI is InChI=1S/C15H18N4O3/c1-11-8-12(2)18(17-11)7-3-6-16-10-13-9-14(19(21)22)4-5-15(13)20/h4-5,8-10,20H,3,6-7H2,1-2H3. The average molecular weight is 302 g/mol. The second kappa shape index (κ2) is 6.84. The summed E-state index contributed by atoms with van der Waals surface area (Å²) in [7, 11) is 0. The monoisotopic (exact) mass is 302 g/mol. The molecule has 0 saturated carbocycles. The Balaban J connectivity index is 1.91. The quantitative estimate of drug-likeness (QED) is 0.384. The molecule has 116 valence electrons. The number of aryl methyl sites for hydroxylation is 3. The number of hydrogen-bond acceptors (Lipinski definition) is 5. The van der Waals surface area contributed by atoms with Crippen molar-refractivity contribution >= 4 is 11.9 Å². The molecule has 7 nitrogen and oxygen atoms in total. The zero-order valence-corrected chi connectivity index (χ0v) is 12.6. The summed E-state index contributed by atoms with van der Waals surface area (Å²) in [6, 6.07) is 5.88. The van der Waals surface area contributed by atoms with Gasteiger partial charge in [-0.15, -0.1) is 0 Å². The predicted molar refractivity (Wildman–Crippen MR) is 83.5 cm³/mol. The van der Waals surface area contributed by atoms with Gasteiger partial charge in [0.15, 0.2) is 0 Å². The molecule has 0 atom stereocenters. The first-order valence-corrected chi connectivity index (χ1v) is 6.95. The number of nitrogens with zero attached hydrogens (tertiary/aromatic N) is 4. The Hall–Kier alpha value is -2.70. The van der Waals surface area contributed by atoms with E-state index in [4.69, 9.17) is 0 Å². The Labute approximate surface area is 128 Å². The van der Waals surface area contributed by atoms with Gasteiger partial charge in [-0.1, -0.05) is 0 Å². The number of benzene rings is 1. The lowest BCUT2D eigenvalue weighted by Gasteiger charge is -2.02. The minimum Gasteiger partial charge on any atom is -0.507 e. The maximum Gasteiger partial charge on any atom is 0.270 e. The number of phenols is 1. The molecule has 2 aromatic rings. The summed E-state index contributed by atoms with van der Waals surface area (Å²) in [6.07, 6.45) is 2.26. The van der Waals surface area contributed by atoms with Crippen molar-refractivity contribution in [2.45, 2.75) is 26.8 Å². The fourth-order valence-electron chi connectivity index (χ4n) is 2.13. The van der Waals surface area contributed by atoms with Crippen LogP contribution >= 0.6 is 0 Å². The molecular formula is C15H18N4O3. The molecule has 22 heavy (non-hydrogen) atoms. The number of aliphatic imine (C=N–C) groups is 1. The number of nitro benzene ring substituents is 1. The van der Waals surface area contributed by atoms with E-state index in [9.17, 15) is 15.2 Å². The van der Waals surface area contributed by atoms with Crippen molar-refractivity contribution in [2.24, 2.45) is 4.99 Å². The van der Waals surface area contributed by atoms with Crippen LogP contribution in [0.5, 0.6) is 5.75 Å². The van der Waals surface area contributed by atoms with Gasteiger partial charge in [-0.05, 0) is 32.4 Å². The van der Waals surface area contributed by atoms with Gasteiger partial charge in [0, 0.05) is 42.7 Å². The van der Waals surface area contributed by atoms with E-state index in [1.807, 2.05) is 24.6 Å². The first-order valence-electron chi connectivity index (χ1n) is 6.95. The van der Waals surface area contributed by atoms with Crippen molar-refractivity contribution in [3.63, 3.8) is 0 Å². The zero-order chi connectivity index (χ0) is 16.1. The van der Waals surface area contributed by atoms with Crippen LogP contribution in [0.4, 0.5) is 5.69 Å². The van der Waals surface area contributed by atoms with E-state index in [1.165, 1.54) is 24.4 Å². The predicted octanol–water partition coefficient (Wildman–Crippen LogP) is 2.62. The smallest absolute Gasteiger partial charge is 0.270 e. The highest BCUT2D eigenvalue weighted by atomic mass is 16.6. The number of rotatable bonds is 6. The van der Waals surface area contributed by atoms with Crippen molar-refractivity contribution in [3.05, 3.63) is 51.3 Å². The Morgan fingerprint density at radius 1 is 1.41 bits per heavy atom. The van der Waals surface area contributed by atoms with E-state index in [-0.39, 0.29) is 11.4 Å². The second-order valence-corrected chi connectivity index (χ2v) is 5.04. The van der Waals surface area contributed by atoms with Crippen LogP contribution in [0.2, 0.25) is 0 Å². The molecule has 0 bridgehead atoms. The van der Waals surface area contributed by atoms with Crippen LogP contribution in [0.1, 0.15) is 23.4 Å². The number of non-ortho nitro benzene ring substituents is 1. The van der Waals surface area contributed by atoms with Gasteiger partial charge in [-0.3, -0.25) is 19.8 Å². The van der Waals surface area contributed by atoms with E-state index in [2.05, 4.69) is 10.1 Å². The maximum absolute atomic E-state index is 10.7. The molecule has 1 aromatic carbocycles. The summed E-state index contributed by atoms with van der Waals surface area (Å²) in [4.78, 5) is 14.4. The molecule has 1 N–H and O–H groups in total. The van der Waals surface area contributed by atoms with Crippen molar-refractivity contribution in [1.29, 1.82) is 0 Å². The summed E-state index contributed by atoms with van der Waals surface area (Å²) in [5, 5.41) is 24.7. The lowest BCUT2D eigenvalue weighted by atomic mass is 10.2. The topological polar surface area (TPSA) is 93.5 Å². The third-order valence-electron chi connectivity index (χ3n) is 3.21. The molecule has 0 saturated heterocycles. The summed E-state index contributed by atoms with van der Waals surface area (Å²) < 4.78 is 1.93. The summed E-state index contributed by atoms with van der Waals surface area (Å²) >= 11 is 0. The van der Waals surface area contributed by atoms with Crippen LogP contribution in [-0.2, 0) is 6.54 Å². The molecular weight excluding hydrogens is 284 g/mol. The molecule has 1 heterocycles. The second-order valence-electron chi connectivity index (χ2n) is 5.04. The molecule has 7 heteroatoms. The highest BCUT2D eigenvalue weighted by molar-refractivity contribution is 5.84. The highest BCUT2D eigenvalue weighted by Gasteiger charge is 2.08. The minimum absolute atomic E-state index is 0.0205. The average Bonchev–Trinajstić information content (AvgIpc) is 2.78. The fourth-order valence-corrected chi connectivity index (χ4v) is 2.13. The molecule has 0 amide bonds. The van der Waals surface area contributed by atoms with Crippen molar-refractivity contribution in [3.8, 4) is 5.75 Å². The van der Waals surface area contributed by atoms with E-state index in [0.29, 0.717) is 12.1 Å². The van der Waals surface area contributed by atoms with Gasteiger partial charge in [0.1, 0.15) is 5.75 Å². The summed E-state index contributed by atoms with van der Waals surface area (Å²) in [5.74, 6) is -0.0205. The van der Waals surface area contributed by atoms with Gasteiger partial charge in [0.2, 0.25) is 0 Å². The molecule has 0 aliphatic carbocycles. The van der Waals surface area contributed by atoms with Crippen LogP contribution in [0, 0.1) is 24.0 Å². The molecule has 0 spiro atoms. The molecule has 0 aliphatic heterocycles. The SMILES string of the molecule is Cc1cc(C)n(CCCN=Cc2cc([N+](=O)[O-])ccc2O)n1. The molecule has 0 radical (unpaired) electrons. The van der Waals surface area contributed by atoms with Crippen LogP contribution in [0.3, 0.4) is 0 Å². The van der Waals surface area contributed by atoms with Crippen LogP contribution in [0.25, 0.3) is 0 Å². The van der Waals surface area contributed by atoms with Gasteiger partial charge >= 0.3 is 0 Å². The third kappa shape index (κ3) is 3.91. The molecule has 2 rings (SSSR count). The van der Waals surface area contributed by atoms with Gasteiger partial charge < -0.3 is 5.11 Å². The Morgan fingerprint density at radius 3 is 2.82 bits per heavy atom. The van der Waals surface area contributed by atoms with E-state index in [0.717, 1.165) is 24.4 Å². The lowest BCUT2D eigenvalue weighted by Crippen LogP contribution is -2.03. The third-order valence-corrected chi connectivity index (χ3v) is 3.21. The largest absolute Gasteiger partial charge is 0.507 e. The lowest BCUT2D eigenvalue weighted by molar-refractivity contribution is -0.384. The number of hydrogen-bond donors (Lipinski definition) is 1. The van der Waals surface area contributed by atoms with E-state index in [1.54, 1.807) is 0 Å².